The van der Waals surface area contributed by atoms with Crippen LogP contribution < -0.4 is 0 Å². The fourth-order valence-corrected chi connectivity index (χ4v) is 1.89. The van der Waals surface area contributed by atoms with Crippen molar-refractivity contribution >= 4 is 0 Å². The van der Waals surface area contributed by atoms with Crippen LogP contribution in [0.1, 0.15) is 26.3 Å². The second-order valence-electron chi connectivity index (χ2n) is 5.78. The highest BCUT2D eigenvalue weighted by Gasteiger charge is 2.44. The van der Waals surface area contributed by atoms with Gasteiger partial charge in [0.25, 0.3) is 0 Å². The summed E-state index contributed by atoms with van der Waals surface area (Å²) in [5, 5.41) is 3.63. The Labute approximate surface area is 124 Å². The number of nitrogens with zero attached hydrogens (tertiary/aromatic N) is 1. The van der Waals surface area contributed by atoms with Crippen LogP contribution in [0.4, 0.5) is 4.39 Å². The summed E-state index contributed by atoms with van der Waals surface area (Å²) in [4.78, 5) is 0. The van der Waals surface area contributed by atoms with Crippen LogP contribution in [0.25, 0.3) is 0 Å². The van der Waals surface area contributed by atoms with Gasteiger partial charge in [0.1, 0.15) is 5.82 Å². The van der Waals surface area contributed by atoms with Crippen LogP contribution in [-0.4, -0.2) is 5.72 Å². The van der Waals surface area contributed by atoms with Gasteiger partial charge >= 0.3 is 0 Å². The third kappa shape index (κ3) is 3.03. The Morgan fingerprint density at radius 1 is 1.24 bits per heavy atom. The molecule has 0 spiro atoms. The first-order chi connectivity index (χ1) is 9.88. The van der Waals surface area contributed by atoms with E-state index in [1.54, 1.807) is 36.4 Å². The van der Waals surface area contributed by atoms with Gasteiger partial charge in [0.2, 0.25) is 5.72 Å². The molecule has 1 atom stereocenters. The maximum absolute atomic E-state index is 13.5. The second kappa shape index (κ2) is 5.53. The SMILES string of the molecule is CC(C)(C)C1(N=N)C=CC=C(C#Cc2ccccc2F)O1. The van der Waals surface area contributed by atoms with E-state index in [4.69, 9.17) is 10.3 Å². The van der Waals surface area contributed by atoms with Gasteiger partial charge in [0.15, 0.2) is 5.76 Å². The predicted octanol–water partition coefficient (Wildman–Crippen LogP) is 4.42. The zero-order valence-corrected chi connectivity index (χ0v) is 12.3. The molecule has 1 aliphatic heterocycles. The van der Waals surface area contributed by atoms with Crippen molar-refractivity contribution in [1.29, 1.82) is 5.53 Å². The van der Waals surface area contributed by atoms with E-state index in [-0.39, 0.29) is 5.82 Å². The summed E-state index contributed by atoms with van der Waals surface area (Å²) in [6.45, 7) is 5.80. The monoisotopic (exact) mass is 284 g/mol. The van der Waals surface area contributed by atoms with Crippen molar-refractivity contribution in [1.82, 2.24) is 0 Å². The first kappa shape index (κ1) is 15.0. The van der Waals surface area contributed by atoms with Gasteiger partial charge in [-0.3, -0.25) is 0 Å². The van der Waals surface area contributed by atoms with Gasteiger partial charge in [0.05, 0.1) is 5.56 Å². The number of rotatable bonds is 1. The van der Waals surface area contributed by atoms with Gasteiger partial charge in [-0.15, -0.1) is 5.11 Å². The first-order valence-corrected chi connectivity index (χ1v) is 6.62. The van der Waals surface area contributed by atoms with Crippen LogP contribution in [0.15, 0.2) is 53.4 Å². The Hall–Kier alpha value is -2.41. The van der Waals surface area contributed by atoms with Crippen LogP contribution >= 0.6 is 0 Å². The topological polar surface area (TPSA) is 45.4 Å². The van der Waals surface area contributed by atoms with Crippen molar-refractivity contribution < 1.29 is 9.13 Å². The highest BCUT2D eigenvalue weighted by molar-refractivity contribution is 5.41. The van der Waals surface area contributed by atoms with Crippen LogP contribution in [0, 0.1) is 28.6 Å². The molecule has 1 unspecified atom stereocenters. The molecule has 0 radical (unpaired) electrons. The summed E-state index contributed by atoms with van der Waals surface area (Å²) >= 11 is 0. The first-order valence-electron chi connectivity index (χ1n) is 6.62. The summed E-state index contributed by atoms with van der Waals surface area (Å²) < 4.78 is 19.3. The number of allylic oxidation sites excluding steroid dienone is 3. The zero-order chi connectivity index (χ0) is 15.5. The molecule has 0 saturated heterocycles. The predicted molar refractivity (Wildman–Crippen MR) is 78.9 cm³/mol. The van der Waals surface area contributed by atoms with Gasteiger partial charge < -0.3 is 4.74 Å². The van der Waals surface area contributed by atoms with Gasteiger partial charge in [-0.1, -0.05) is 44.9 Å². The Morgan fingerprint density at radius 2 is 1.95 bits per heavy atom. The van der Waals surface area contributed by atoms with Crippen LogP contribution in [0.2, 0.25) is 0 Å². The van der Waals surface area contributed by atoms with Crippen molar-refractivity contribution in [2.45, 2.75) is 26.5 Å². The summed E-state index contributed by atoms with van der Waals surface area (Å²) in [6.07, 6.45) is 5.18. The summed E-state index contributed by atoms with van der Waals surface area (Å²) in [6, 6.07) is 6.30. The van der Waals surface area contributed by atoms with Crippen molar-refractivity contribution in [2.24, 2.45) is 10.5 Å². The molecule has 21 heavy (non-hydrogen) atoms. The average molecular weight is 284 g/mol. The lowest BCUT2D eigenvalue weighted by atomic mass is 9.82. The molecule has 1 heterocycles. The van der Waals surface area contributed by atoms with Crippen molar-refractivity contribution in [3.8, 4) is 11.8 Å². The largest absolute Gasteiger partial charge is 0.452 e. The van der Waals surface area contributed by atoms with Crippen molar-refractivity contribution in [3.63, 3.8) is 0 Å². The molecule has 0 bridgehead atoms. The molecule has 0 aliphatic carbocycles. The van der Waals surface area contributed by atoms with Gasteiger partial charge in [-0.05, 0) is 30.2 Å². The molecule has 1 N–H and O–H groups in total. The molecule has 0 fully saturated rings. The molecule has 0 saturated carbocycles. The normalized spacial score (nSPS) is 20.9. The van der Waals surface area contributed by atoms with E-state index in [9.17, 15) is 4.39 Å². The minimum Gasteiger partial charge on any atom is -0.452 e. The van der Waals surface area contributed by atoms with Crippen LogP contribution in [-0.2, 0) is 4.74 Å². The minimum absolute atomic E-state index is 0.306. The Kier molecular flexibility index (Phi) is 3.95. The molecule has 4 heteroatoms. The fourth-order valence-electron chi connectivity index (χ4n) is 1.89. The van der Waals surface area contributed by atoms with Crippen molar-refractivity contribution in [2.75, 3.05) is 0 Å². The Balaban J connectivity index is 2.29. The molecule has 108 valence electrons. The highest BCUT2D eigenvalue weighted by Crippen LogP contribution is 2.39. The van der Waals surface area contributed by atoms with Gasteiger partial charge in [-0.2, -0.15) is 0 Å². The van der Waals surface area contributed by atoms with E-state index in [1.165, 1.54) is 6.07 Å². The van der Waals surface area contributed by atoms with E-state index in [2.05, 4.69) is 17.0 Å². The van der Waals surface area contributed by atoms with E-state index in [1.807, 2.05) is 20.8 Å². The molecule has 2 rings (SSSR count). The smallest absolute Gasteiger partial charge is 0.243 e. The Bertz CT molecular complexity index is 674. The molecular weight excluding hydrogens is 267 g/mol. The number of hydrogen-bond donors (Lipinski definition) is 1. The molecule has 0 amide bonds. The molecule has 1 aromatic carbocycles. The second-order valence-corrected chi connectivity index (χ2v) is 5.78. The molecule has 3 nitrogen and oxygen atoms in total. The maximum Gasteiger partial charge on any atom is 0.243 e. The standard InChI is InChI=1S/C17H17FN2O/c1-16(2,3)17(20-19)12-6-8-14(21-17)11-10-13-7-4-5-9-15(13)18/h4-9,12,19H,1-3H3. The number of ether oxygens (including phenoxy) is 1. The lowest BCUT2D eigenvalue weighted by Crippen LogP contribution is -2.42. The maximum atomic E-state index is 13.5. The summed E-state index contributed by atoms with van der Waals surface area (Å²) in [7, 11) is 0. The molecule has 1 aromatic rings. The molecular formula is C17H17FN2O. The number of nitrogens with one attached hydrogen (secondary N) is 1. The molecule has 1 aliphatic rings. The number of hydrogen-bond acceptors (Lipinski definition) is 3. The van der Waals surface area contributed by atoms with Gasteiger partial charge in [0, 0.05) is 5.41 Å². The Morgan fingerprint density at radius 3 is 2.57 bits per heavy atom. The van der Waals surface area contributed by atoms with Crippen LogP contribution in [0.3, 0.4) is 0 Å². The van der Waals surface area contributed by atoms with Crippen molar-refractivity contribution in [3.05, 3.63) is 59.6 Å². The third-order valence-electron chi connectivity index (χ3n) is 3.27. The highest BCUT2D eigenvalue weighted by atomic mass is 19.1. The third-order valence-corrected chi connectivity index (χ3v) is 3.27. The van der Waals surface area contributed by atoms with E-state index in [0.29, 0.717) is 11.3 Å². The van der Waals surface area contributed by atoms with Crippen LogP contribution in [0.5, 0.6) is 0 Å². The fraction of sp³-hybridized carbons (Fsp3) is 0.294. The molecule has 0 aromatic heterocycles. The lowest BCUT2D eigenvalue weighted by molar-refractivity contribution is -0.0396. The van der Waals surface area contributed by atoms with E-state index >= 15 is 0 Å². The summed E-state index contributed by atoms with van der Waals surface area (Å²) in [5.41, 5.74) is 6.26. The number of halogens is 1. The average Bonchev–Trinajstić information content (AvgIpc) is 2.45. The quantitative estimate of drug-likeness (QED) is 0.602. The van der Waals surface area contributed by atoms with E-state index < -0.39 is 11.1 Å². The van der Waals surface area contributed by atoms with Gasteiger partial charge in [-0.25, -0.2) is 9.92 Å². The minimum atomic E-state index is -1.08. The summed E-state index contributed by atoms with van der Waals surface area (Å²) in [5.74, 6) is 5.53. The number of benzene rings is 1. The zero-order valence-electron chi connectivity index (χ0n) is 12.3. The van der Waals surface area contributed by atoms with E-state index in [0.717, 1.165) is 0 Å². The lowest BCUT2D eigenvalue weighted by Gasteiger charge is -2.38.